The number of hydrogen-bond donors (Lipinski definition) is 3. The summed E-state index contributed by atoms with van der Waals surface area (Å²) in [7, 11) is 0. The Balaban J connectivity index is 2.20. The van der Waals surface area contributed by atoms with Gasteiger partial charge in [-0.25, -0.2) is 10.9 Å². The van der Waals surface area contributed by atoms with Gasteiger partial charge in [0.25, 0.3) is 0 Å². The highest BCUT2D eigenvalue weighted by molar-refractivity contribution is 4.73. The third-order valence-corrected chi connectivity index (χ3v) is 1.65. The van der Waals surface area contributed by atoms with Gasteiger partial charge in [0.05, 0.1) is 12.3 Å². The maximum Gasteiger partial charge on any atom is 0.0714 e. The van der Waals surface area contributed by atoms with Crippen molar-refractivity contribution >= 4 is 0 Å². The first-order chi connectivity index (χ1) is 4.36. The molecule has 0 radical (unpaired) electrons. The van der Waals surface area contributed by atoms with Crippen LogP contribution >= 0.6 is 0 Å². The molecule has 1 rings (SSSR count). The van der Waals surface area contributed by atoms with E-state index in [0.717, 1.165) is 12.8 Å². The number of hydrogen-bond acceptors (Lipinski definition) is 3. The lowest BCUT2D eigenvalue weighted by molar-refractivity contribution is 0.500. The van der Waals surface area contributed by atoms with Crippen LogP contribution in [0.4, 0.5) is 0 Å². The van der Waals surface area contributed by atoms with Gasteiger partial charge in [0.2, 0.25) is 0 Å². The molecule has 1 fully saturated rings. The lowest BCUT2D eigenvalue weighted by Gasteiger charge is -2.06. The van der Waals surface area contributed by atoms with Crippen molar-refractivity contribution in [2.24, 2.45) is 0 Å². The van der Waals surface area contributed by atoms with Gasteiger partial charge in [-0.05, 0) is 12.8 Å². The second-order valence-electron chi connectivity index (χ2n) is 2.38. The Kier molecular flexibility index (Phi) is 2.45. The fourth-order valence-corrected chi connectivity index (χ4v) is 0.967. The minimum absolute atomic E-state index is 0.468. The van der Waals surface area contributed by atoms with Gasteiger partial charge in [-0.2, -0.15) is 0 Å². The molecule has 0 aromatic rings. The molecule has 0 aliphatic carbocycles. The molecule has 3 N–H and O–H groups in total. The second kappa shape index (κ2) is 3.15. The van der Waals surface area contributed by atoms with E-state index in [1.54, 1.807) is 0 Å². The summed E-state index contributed by atoms with van der Waals surface area (Å²) in [6, 6.07) is 0. The zero-order chi connectivity index (χ0) is 6.69. The van der Waals surface area contributed by atoms with Crippen LogP contribution in [0.2, 0.25) is 0 Å². The van der Waals surface area contributed by atoms with Gasteiger partial charge in [0.1, 0.15) is 0 Å². The molecule has 2 atom stereocenters. The summed E-state index contributed by atoms with van der Waals surface area (Å²) in [6.07, 6.45) is 3.19. The summed E-state index contributed by atoms with van der Waals surface area (Å²) in [4.78, 5) is 0. The van der Waals surface area contributed by atoms with Gasteiger partial charge >= 0.3 is 0 Å². The molecule has 1 saturated heterocycles. The minimum atomic E-state index is 0.468. The van der Waals surface area contributed by atoms with Crippen molar-refractivity contribution < 1.29 is 0 Å². The van der Waals surface area contributed by atoms with Crippen molar-refractivity contribution in [3.63, 3.8) is 0 Å². The lowest BCUT2D eigenvalue weighted by atomic mass is 10.3. The molecule has 0 amide bonds. The SMILES string of the molecule is CC[C@@H]1NN[C@H](CC)N1. The van der Waals surface area contributed by atoms with Crippen LogP contribution in [0.5, 0.6) is 0 Å². The van der Waals surface area contributed by atoms with E-state index in [1.165, 1.54) is 0 Å². The molecule has 1 aliphatic rings. The van der Waals surface area contributed by atoms with Gasteiger partial charge < -0.3 is 0 Å². The monoisotopic (exact) mass is 129 g/mol. The van der Waals surface area contributed by atoms with Gasteiger partial charge in [-0.3, -0.25) is 5.32 Å². The molecule has 1 heterocycles. The van der Waals surface area contributed by atoms with Crippen LogP contribution in [0.3, 0.4) is 0 Å². The van der Waals surface area contributed by atoms with Crippen molar-refractivity contribution in [3.8, 4) is 0 Å². The summed E-state index contributed by atoms with van der Waals surface area (Å²) in [6.45, 7) is 4.31. The Hall–Kier alpha value is -0.120. The molecule has 0 bridgehead atoms. The van der Waals surface area contributed by atoms with E-state index >= 15 is 0 Å². The first-order valence-corrected chi connectivity index (χ1v) is 3.64. The number of rotatable bonds is 2. The van der Waals surface area contributed by atoms with Crippen LogP contribution in [-0.2, 0) is 0 Å². The molecule has 0 saturated carbocycles. The fourth-order valence-electron chi connectivity index (χ4n) is 0.967. The topological polar surface area (TPSA) is 36.1 Å². The van der Waals surface area contributed by atoms with Crippen molar-refractivity contribution in [1.82, 2.24) is 16.2 Å². The first-order valence-electron chi connectivity index (χ1n) is 3.64. The van der Waals surface area contributed by atoms with E-state index in [4.69, 9.17) is 0 Å². The van der Waals surface area contributed by atoms with Crippen molar-refractivity contribution in [2.75, 3.05) is 0 Å². The molecule has 3 heteroatoms. The molecular weight excluding hydrogens is 114 g/mol. The van der Waals surface area contributed by atoms with Crippen molar-refractivity contribution in [3.05, 3.63) is 0 Å². The molecular formula is C6H15N3. The average Bonchev–Trinajstić information content (AvgIpc) is 2.34. The van der Waals surface area contributed by atoms with Gasteiger partial charge in [0.15, 0.2) is 0 Å². The normalized spacial score (nSPS) is 35.3. The maximum absolute atomic E-state index is 3.37. The quantitative estimate of drug-likeness (QED) is 0.497. The zero-order valence-corrected chi connectivity index (χ0v) is 6.07. The molecule has 0 aromatic heterocycles. The van der Waals surface area contributed by atoms with Crippen LogP contribution < -0.4 is 16.2 Å². The molecule has 0 unspecified atom stereocenters. The van der Waals surface area contributed by atoms with E-state index in [-0.39, 0.29) is 0 Å². The lowest BCUT2D eigenvalue weighted by Crippen LogP contribution is -2.32. The van der Waals surface area contributed by atoms with E-state index in [0.29, 0.717) is 12.3 Å². The number of hydrazine groups is 1. The van der Waals surface area contributed by atoms with E-state index in [9.17, 15) is 0 Å². The molecule has 54 valence electrons. The highest BCUT2D eigenvalue weighted by Crippen LogP contribution is 1.95. The fraction of sp³-hybridized carbons (Fsp3) is 1.00. The maximum atomic E-state index is 3.37. The zero-order valence-electron chi connectivity index (χ0n) is 6.07. The summed E-state index contributed by atoms with van der Waals surface area (Å²) in [5.41, 5.74) is 6.29. The van der Waals surface area contributed by atoms with Crippen LogP contribution in [-0.4, -0.2) is 12.3 Å². The summed E-state index contributed by atoms with van der Waals surface area (Å²) in [5, 5.41) is 3.37. The summed E-state index contributed by atoms with van der Waals surface area (Å²) in [5.74, 6) is 0. The predicted molar refractivity (Wildman–Crippen MR) is 37.6 cm³/mol. The van der Waals surface area contributed by atoms with E-state index in [1.807, 2.05) is 0 Å². The van der Waals surface area contributed by atoms with Crippen molar-refractivity contribution in [2.45, 2.75) is 39.0 Å². The third-order valence-electron chi connectivity index (χ3n) is 1.65. The van der Waals surface area contributed by atoms with Crippen LogP contribution in [0.1, 0.15) is 26.7 Å². The molecule has 1 aliphatic heterocycles. The Bertz CT molecular complexity index is 74.4. The smallest absolute Gasteiger partial charge is 0.0714 e. The van der Waals surface area contributed by atoms with Gasteiger partial charge in [-0.15, -0.1) is 0 Å². The molecule has 3 nitrogen and oxygen atoms in total. The van der Waals surface area contributed by atoms with Gasteiger partial charge in [-0.1, -0.05) is 13.8 Å². The molecule has 0 spiro atoms. The largest absolute Gasteiger partial charge is 0.285 e. The summed E-state index contributed by atoms with van der Waals surface area (Å²) < 4.78 is 0. The highest BCUT2D eigenvalue weighted by atomic mass is 15.5. The summed E-state index contributed by atoms with van der Waals surface area (Å²) >= 11 is 0. The van der Waals surface area contributed by atoms with Gasteiger partial charge in [0, 0.05) is 0 Å². The molecule has 0 aromatic carbocycles. The number of nitrogens with one attached hydrogen (secondary N) is 3. The molecule has 9 heavy (non-hydrogen) atoms. The Labute approximate surface area is 56.2 Å². The minimum Gasteiger partial charge on any atom is -0.285 e. The Morgan fingerprint density at radius 2 is 1.44 bits per heavy atom. The van der Waals surface area contributed by atoms with Crippen LogP contribution in [0.15, 0.2) is 0 Å². The first kappa shape index (κ1) is 6.99. The Morgan fingerprint density at radius 3 is 1.67 bits per heavy atom. The second-order valence-corrected chi connectivity index (χ2v) is 2.38. The van der Waals surface area contributed by atoms with Crippen molar-refractivity contribution in [1.29, 1.82) is 0 Å². The van der Waals surface area contributed by atoms with E-state index < -0.39 is 0 Å². The average molecular weight is 129 g/mol. The Morgan fingerprint density at radius 1 is 1.00 bits per heavy atom. The third kappa shape index (κ3) is 1.64. The van der Waals surface area contributed by atoms with E-state index in [2.05, 4.69) is 30.0 Å². The van der Waals surface area contributed by atoms with Crippen LogP contribution in [0, 0.1) is 0 Å². The predicted octanol–water partition coefficient (Wildman–Crippen LogP) is 0.156. The standard InChI is InChI=1S/C6H15N3/c1-3-5-7-6(4-2)9-8-5/h5-9H,3-4H2,1-2H3/t5-,6+. The highest BCUT2D eigenvalue weighted by Gasteiger charge is 2.17. The van der Waals surface area contributed by atoms with Crippen LogP contribution in [0.25, 0.3) is 0 Å².